The Morgan fingerprint density at radius 1 is 0.725 bits per heavy atom. The lowest BCUT2D eigenvalue weighted by atomic mass is 10.1. The number of carbonyl (C=O) groups excluding carboxylic acids is 3. The van der Waals surface area contributed by atoms with Gasteiger partial charge < -0.3 is 39.9 Å². The molecule has 1 aliphatic rings. The van der Waals surface area contributed by atoms with E-state index >= 15 is 0 Å². The van der Waals surface area contributed by atoms with Crippen molar-refractivity contribution in [1.82, 2.24) is 9.55 Å². The molecule has 2 heterocycles. The Morgan fingerprint density at radius 2 is 1.26 bits per heavy atom. The van der Waals surface area contributed by atoms with E-state index in [-0.39, 0.29) is 24.4 Å². The molecule has 0 spiro atoms. The van der Waals surface area contributed by atoms with Crippen LogP contribution in [0.4, 0.5) is 5.82 Å². The Morgan fingerprint density at radius 3 is 1.88 bits per heavy atom. The van der Waals surface area contributed by atoms with Crippen molar-refractivity contribution in [3.8, 4) is 0 Å². The van der Waals surface area contributed by atoms with Crippen LogP contribution >= 0.6 is 15.6 Å². The van der Waals surface area contributed by atoms with Crippen LogP contribution in [0.5, 0.6) is 0 Å². The number of ether oxygens (including phenoxy) is 3. The molecule has 2 unspecified atom stereocenters. The lowest BCUT2D eigenvalue weighted by Gasteiger charge is -2.21. The van der Waals surface area contributed by atoms with E-state index in [2.05, 4.69) is 35.3 Å². The van der Waals surface area contributed by atoms with Gasteiger partial charge in [-0.25, -0.2) is 13.9 Å². The van der Waals surface area contributed by atoms with Gasteiger partial charge in [-0.15, -0.1) is 0 Å². The van der Waals surface area contributed by atoms with Gasteiger partial charge in [-0.3, -0.25) is 28.0 Å². The van der Waals surface area contributed by atoms with E-state index < -0.39 is 83.7 Å². The van der Waals surface area contributed by atoms with E-state index in [0.29, 0.717) is 19.3 Å². The standard InChI is InChI=1S/C48H81N3O16P2/c1-3-5-7-8-9-10-11-12-13-14-15-18-21-24-28-32-43(53)62-36-40(65-44(54)33-29-25-22-19-16-17-20-23-27-31-39(52)30-26-6-4-2)37-63-68(58,59)67-69(60,61)64-38-41-45(55)46(56)47(66-41)51-35-34-42(49)50-48(51)57/h12-13,20,23,27,31,34-35,40-41,45-47,55-56H,3-11,14-19,21-22,24-26,28-30,32-33,36-38H2,1-2H3,(H,58,59)(H,60,61)(H2,49,50,57)/b13-12-,23-20-,31-27+/t40-,41-,45-,46-,47-/m1/s1. The summed E-state index contributed by atoms with van der Waals surface area (Å²) in [4.78, 5) is 73.6. The molecule has 0 amide bonds. The highest BCUT2D eigenvalue weighted by Gasteiger charge is 2.46. The summed E-state index contributed by atoms with van der Waals surface area (Å²) < 4.78 is 56.7. The van der Waals surface area contributed by atoms with Gasteiger partial charge in [0.1, 0.15) is 30.7 Å². The first kappa shape index (κ1) is 61.8. The number of ketones is 1. The maximum atomic E-state index is 12.8. The van der Waals surface area contributed by atoms with Crippen molar-refractivity contribution >= 4 is 39.2 Å². The number of hydrogen-bond acceptors (Lipinski definition) is 16. The number of allylic oxidation sites excluding steroid dienone is 6. The largest absolute Gasteiger partial charge is 0.481 e. The lowest BCUT2D eigenvalue weighted by Crippen LogP contribution is -2.36. The van der Waals surface area contributed by atoms with Crippen molar-refractivity contribution in [3.63, 3.8) is 0 Å². The summed E-state index contributed by atoms with van der Waals surface area (Å²) in [7, 11) is -10.9. The van der Waals surface area contributed by atoms with Gasteiger partial charge in [0.25, 0.3) is 0 Å². The molecule has 1 aromatic heterocycles. The fraction of sp³-hybridized carbons (Fsp3) is 0.729. The Labute approximate surface area is 408 Å². The van der Waals surface area contributed by atoms with Crippen molar-refractivity contribution in [2.45, 2.75) is 205 Å². The van der Waals surface area contributed by atoms with Crippen LogP contribution in [0.25, 0.3) is 0 Å². The molecule has 1 saturated heterocycles. The monoisotopic (exact) mass is 1020 g/mol. The van der Waals surface area contributed by atoms with Crippen LogP contribution in [-0.4, -0.2) is 91.5 Å². The normalized spacial score (nSPS) is 19.6. The molecule has 7 atom stereocenters. The summed E-state index contributed by atoms with van der Waals surface area (Å²) >= 11 is 0. The molecule has 1 fully saturated rings. The van der Waals surface area contributed by atoms with E-state index in [1.807, 2.05) is 12.2 Å². The number of aromatic nitrogens is 2. The van der Waals surface area contributed by atoms with Gasteiger partial charge >= 0.3 is 33.3 Å². The number of unbranched alkanes of at least 4 members (excludes halogenated alkanes) is 18. The molecule has 1 aliphatic heterocycles. The highest BCUT2D eigenvalue weighted by atomic mass is 31.3. The number of aliphatic hydroxyl groups excluding tert-OH is 2. The van der Waals surface area contributed by atoms with Crippen LogP contribution in [0, 0.1) is 0 Å². The second kappa shape index (κ2) is 36.6. The van der Waals surface area contributed by atoms with E-state index in [4.69, 9.17) is 29.0 Å². The highest BCUT2D eigenvalue weighted by molar-refractivity contribution is 7.61. The quantitative estimate of drug-likeness (QED) is 0.0102. The summed E-state index contributed by atoms with van der Waals surface area (Å²) in [5, 5.41) is 20.9. The van der Waals surface area contributed by atoms with Crippen LogP contribution < -0.4 is 11.4 Å². The number of nitrogens with two attached hydrogens (primary N) is 1. The zero-order valence-electron chi connectivity index (χ0n) is 40.9. The van der Waals surface area contributed by atoms with E-state index in [9.17, 15) is 48.3 Å². The number of phosphoric ester groups is 2. The maximum Gasteiger partial charge on any atom is 0.481 e. The van der Waals surface area contributed by atoms with Gasteiger partial charge in [0, 0.05) is 25.5 Å². The van der Waals surface area contributed by atoms with Gasteiger partial charge in [0.05, 0.1) is 13.2 Å². The number of esters is 2. The average molecular weight is 1020 g/mol. The number of rotatable bonds is 41. The Bertz CT molecular complexity index is 1860. The topological polar surface area (TPSA) is 283 Å². The number of aliphatic hydroxyl groups is 2. The fourth-order valence-corrected chi connectivity index (χ4v) is 9.34. The number of anilines is 1. The molecule has 21 heteroatoms. The van der Waals surface area contributed by atoms with Crippen molar-refractivity contribution in [1.29, 1.82) is 0 Å². The number of carbonyl (C=O) groups is 3. The smallest absolute Gasteiger partial charge is 0.462 e. The molecule has 394 valence electrons. The summed E-state index contributed by atoms with van der Waals surface area (Å²) in [5.41, 5.74) is 4.57. The second-order valence-electron chi connectivity index (χ2n) is 17.3. The zero-order chi connectivity index (χ0) is 50.8. The highest BCUT2D eigenvalue weighted by Crippen LogP contribution is 2.60. The SMILES string of the molecule is CCCCCCCC/C=C\CCCCCCCC(=O)OC[C@H](COP(=O)(O)OP(=O)(O)OC[C@H]1O[C@@H](n2ccc(N)nc2=O)[C@H](O)[C@@H]1O)OC(=O)CCCCCCC/C=C\C=C\C(=O)CCCCC. The number of nitrogen functional groups attached to an aromatic ring is 1. The van der Waals surface area contributed by atoms with E-state index in [1.54, 1.807) is 12.2 Å². The Hall–Kier alpha value is -3.35. The minimum absolute atomic E-state index is 0.00255. The predicted molar refractivity (Wildman–Crippen MR) is 262 cm³/mol. The minimum Gasteiger partial charge on any atom is -0.462 e. The first-order chi connectivity index (χ1) is 33.1. The molecule has 2 rings (SSSR count). The first-order valence-electron chi connectivity index (χ1n) is 25.0. The van der Waals surface area contributed by atoms with Gasteiger partial charge in [0.15, 0.2) is 18.1 Å². The molecule has 0 radical (unpaired) electrons. The second-order valence-corrected chi connectivity index (χ2v) is 20.4. The summed E-state index contributed by atoms with van der Waals surface area (Å²) in [6.45, 7) is 1.95. The van der Waals surface area contributed by atoms with Gasteiger partial charge in [-0.05, 0) is 69.9 Å². The third kappa shape index (κ3) is 29.6. The maximum absolute atomic E-state index is 12.8. The Balaban J connectivity index is 1.83. The van der Waals surface area contributed by atoms with Crippen LogP contribution in [0.3, 0.4) is 0 Å². The van der Waals surface area contributed by atoms with E-state index in [0.717, 1.165) is 101 Å². The van der Waals surface area contributed by atoms with Gasteiger partial charge in [-0.1, -0.05) is 128 Å². The summed E-state index contributed by atoms with van der Waals surface area (Å²) in [5.74, 6) is -1.24. The van der Waals surface area contributed by atoms with Gasteiger partial charge in [-0.2, -0.15) is 9.29 Å². The molecule has 0 saturated carbocycles. The average Bonchev–Trinajstić information content (AvgIpc) is 3.58. The molecule has 0 aliphatic carbocycles. The van der Waals surface area contributed by atoms with Crippen LogP contribution in [0.15, 0.2) is 53.5 Å². The molecule has 1 aromatic rings. The number of phosphoric acid groups is 2. The summed E-state index contributed by atoms with van der Waals surface area (Å²) in [6, 6.07) is 1.24. The van der Waals surface area contributed by atoms with Crippen LogP contribution in [0.2, 0.25) is 0 Å². The predicted octanol–water partition coefficient (Wildman–Crippen LogP) is 9.18. The molecule has 69 heavy (non-hydrogen) atoms. The molecule has 6 N–H and O–H groups in total. The van der Waals surface area contributed by atoms with Crippen molar-refractivity contribution in [3.05, 3.63) is 59.2 Å². The first-order valence-corrected chi connectivity index (χ1v) is 27.9. The third-order valence-corrected chi connectivity index (χ3v) is 13.8. The van der Waals surface area contributed by atoms with Crippen molar-refractivity contribution < 1.29 is 71.1 Å². The molecular formula is C48H81N3O16P2. The minimum atomic E-state index is -5.44. The number of nitrogens with zero attached hydrogens (tertiary/aromatic N) is 2. The Kier molecular flexibility index (Phi) is 32.7. The third-order valence-electron chi connectivity index (χ3n) is 11.2. The van der Waals surface area contributed by atoms with E-state index in [1.165, 1.54) is 44.6 Å². The summed E-state index contributed by atoms with van der Waals surface area (Å²) in [6.07, 6.45) is 27.8. The molecule has 0 bridgehead atoms. The van der Waals surface area contributed by atoms with Crippen molar-refractivity contribution in [2.75, 3.05) is 25.6 Å². The fourth-order valence-electron chi connectivity index (χ4n) is 7.23. The molecule has 0 aromatic carbocycles. The molecular weight excluding hydrogens is 936 g/mol. The molecule has 19 nitrogen and oxygen atoms in total. The van der Waals surface area contributed by atoms with Crippen LogP contribution in [-0.2, 0) is 51.1 Å². The van der Waals surface area contributed by atoms with Crippen molar-refractivity contribution in [2.24, 2.45) is 0 Å². The zero-order valence-corrected chi connectivity index (χ0v) is 42.6. The van der Waals surface area contributed by atoms with Gasteiger partial charge in [0.2, 0.25) is 0 Å². The lowest BCUT2D eigenvalue weighted by molar-refractivity contribution is -0.161. The number of hydrogen-bond donors (Lipinski definition) is 5. The van der Waals surface area contributed by atoms with Crippen LogP contribution in [0.1, 0.15) is 181 Å².